The third-order valence-electron chi connectivity index (χ3n) is 3.27. The monoisotopic (exact) mass is 279 g/mol. The van der Waals surface area contributed by atoms with Gasteiger partial charge in [0.05, 0.1) is 6.61 Å². The zero-order valence-electron chi connectivity index (χ0n) is 11.7. The van der Waals surface area contributed by atoms with E-state index >= 15 is 0 Å². The summed E-state index contributed by atoms with van der Waals surface area (Å²) < 4.78 is 11.3. The summed E-state index contributed by atoms with van der Waals surface area (Å²) in [6, 6.07) is 21.7. The van der Waals surface area contributed by atoms with Crippen LogP contribution in [-0.2, 0) is 11.3 Å². The second-order valence-corrected chi connectivity index (χ2v) is 4.83. The lowest BCUT2D eigenvalue weighted by molar-refractivity contribution is 0.00589. The van der Waals surface area contributed by atoms with Crippen LogP contribution in [-0.4, -0.2) is 6.79 Å². The minimum Gasteiger partial charge on any atom is -0.467 e. The maximum atomic E-state index is 5.79. The van der Waals surface area contributed by atoms with Crippen molar-refractivity contribution in [3.05, 3.63) is 72.3 Å². The summed E-state index contributed by atoms with van der Waals surface area (Å²) in [5, 5.41) is 2.10. The topological polar surface area (TPSA) is 44.5 Å². The Balaban J connectivity index is 1.63. The van der Waals surface area contributed by atoms with Gasteiger partial charge in [0.2, 0.25) is 0 Å². The quantitative estimate of drug-likeness (QED) is 0.436. The minimum atomic E-state index is 0.221. The van der Waals surface area contributed by atoms with E-state index < -0.39 is 0 Å². The molecule has 0 aliphatic carbocycles. The fourth-order valence-electron chi connectivity index (χ4n) is 2.24. The first-order valence-corrected chi connectivity index (χ1v) is 6.86. The molecule has 0 amide bonds. The highest BCUT2D eigenvalue weighted by Gasteiger charge is 2.02. The Hall–Kier alpha value is -2.52. The molecule has 0 spiro atoms. The van der Waals surface area contributed by atoms with Crippen LogP contribution in [0.2, 0.25) is 0 Å². The molecule has 0 saturated heterocycles. The summed E-state index contributed by atoms with van der Waals surface area (Å²) in [7, 11) is 0. The molecule has 0 aliphatic rings. The normalized spacial score (nSPS) is 10.7. The van der Waals surface area contributed by atoms with Gasteiger partial charge >= 0.3 is 0 Å². The van der Waals surface area contributed by atoms with Gasteiger partial charge in [-0.1, -0.05) is 42.5 Å². The van der Waals surface area contributed by atoms with Gasteiger partial charge in [-0.05, 0) is 35.2 Å². The van der Waals surface area contributed by atoms with Gasteiger partial charge in [0.1, 0.15) is 5.75 Å². The van der Waals surface area contributed by atoms with Gasteiger partial charge in [0.15, 0.2) is 6.79 Å². The molecule has 3 heteroatoms. The van der Waals surface area contributed by atoms with E-state index in [1.165, 1.54) is 0 Å². The van der Waals surface area contributed by atoms with Gasteiger partial charge in [0.25, 0.3) is 0 Å². The zero-order chi connectivity index (χ0) is 14.5. The van der Waals surface area contributed by atoms with Crippen LogP contribution in [0.25, 0.3) is 10.8 Å². The Morgan fingerprint density at radius 1 is 0.857 bits per heavy atom. The van der Waals surface area contributed by atoms with Gasteiger partial charge in [-0.25, -0.2) is 0 Å². The first-order valence-electron chi connectivity index (χ1n) is 6.86. The Labute approximate surface area is 123 Å². The van der Waals surface area contributed by atoms with E-state index in [1.54, 1.807) is 0 Å². The minimum absolute atomic E-state index is 0.221. The molecule has 0 heterocycles. The molecule has 0 aliphatic heterocycles. The number of ether oxygens (including phenoxy) is 2. The van der Waals surface area contributed by atoms with Gasteiger partial charge in [-0.2, -0.15) is 0 Å². The Kier molecular flexibility index (Phi) is 4.03. The number of hydrogen-bond acceptors (Lipinski definition) is 3. The molecule has 106 valence electrons. The number of rotatable bonds is 5. The molecule has 0 saturated carbocycles. The molecule has 3 rings (SSSR count). The van der Waals surface area contributed by atoms with E-state index in [1.807, 2.05) is 66.7 Å². The van der Waals surface area contributed by atoms with Gasteiger partial charge in [0, 0.05) is 11.1 Å². The SMILES string of the molecule is Nc1ccc2c(OCOCc3ccccc3)cccc2c1. The Morgan fingerprint density at radius 3 is 2.57 bits per heavy atom. The molecule has 0 radical (unpaired) electrons. The summed E-state index contributed by atoms with van der Waals surface area (Å²) in [6.07, 6.45) is 0. The Bertz CT molecular complexity index is 726. The highest BCUT2D eigenvalue weighted by Crippen LogP contribution is 2.27. The average Bonchev–Trinajstić information content (AvgIpc) is 2.52. The van der Waals surface area contributed by atoms with Crippen LogP contribution in [0.3, 0.4) is 0 Å². The van der Waals surface area contributed by atoms with E-state index in [-0.39, 0.29) is 6.79 Å². The van der Waals surface area contributed by atoms with Crippen LogP contribution in [0.15, 0.2) is 66.7 Å². The molecule has 21 heavy (non-hydrogen) atoms. The molecule has 0 atom stereocenters. The molecule has 3 aromatic carbocycles. The molecule has 0 bridgehead atoms. The zero-order valence-corrected chi connectivity index (χ0v) is 11.7. The highest BCUT2D eigenvalue weighted by molar-refractivity contribution is 5.90. The van der Waals surface area contributed by atoms with Crippen LogP contribution in [0, 0.1) is 0 Å². The maximum Gasteiger partial charge on any atom is 0.189 e. The van der Waals surface area contributed by atoms with Crippen molar-refractivity contribution in [1.29, 1.82) is 0 Å². The number of nitrogen functional groups attached to an aromatic ring is 1. The van der Waals surface area contributed by atoms with E-state index in [2.05, 4.69) is 0 Å². The second-order valence-electron chi connectivity index (χ2n) is 4.83. The lowest BCUT2D eigenvalue weighted by Crippen LogP contribution is -2.03. The average molecular weight is 279 g/mol. The highest BCUT2D eigenvalue weighted by atomic mass is 16.7. The summed E-state index contributed by atoms with van der Waals surface area (Å²) in [5.41, 5.74) is 7.68. The van der Waals surface area contributed by atoms with Gasteiger partial charge in [-0.15, -0.1) is 0 Å². The van der Waals surface area contributed by atoms with Crippen LogP contribution in [0.4, 0.5) is 5.69 Å². The number of hydrogen-bond donors (Lipinski definition) is 1. The molecule has 0 fully saturated rings. The molecule has 0 aromatic heterocycles. The van der Waals surface area contributed by atoms with Crippen molar-refractivity contribution in [3.63, 3.8) is 0 Å². The molecule has 3 nitrogen and oxygen atoms in total. The third-order valence-corrected chi connectivity index (χ3v) is 3.27. The molecular weight excluding hydrogens is 262 g/mol. The number of nitrogens with two attached hydrogens (primary N) is 1. The lowest BCUT2D eigenvalue weighted by Gasteiger charge is -2.10. The molecular formula is C18H17NO2. The first kappa shape index (κ1) is 13.5. The van der Waals surface area contributed by atoms with Crippen molar-refractivity contribution < 1.29 is 9.47 Å². The van der Waals surface area contributed by atoms with Crippen molar-refractivity contribution in [3.8, 4) is 5.75 Å². The smallest absolute Gasteiger partial charge is 0.189 e. The predicted octanol–water partition coefficient (Wildman–Crippen LogP) is 3.98. The maximum absolute atomic E-state index is 5.79. The summed E-state index contributed by atoms with van der Waals surface area (Å²) in [4.78, 5) is 0. The number of fused-ring (bicyclic) bond motifs is 1. The number of anilines is 1. The Morgan fingerprint density at radius 2 is 1.71 bits per heavy atom. The van der Waals surface area contributed by atoms with Crippen molar-refractivity contribution in [2.75, 3.05) is 12.5 Å². The standard InChI is InChI=1S/C18H17NO2/c19-16-9-10-17-15(11-16)7-4-8-18(17)21-13-20-12-14-5-2-1-3-6-14/h1-11H,12-13,19H2. The molecule has 3 aromatic rings. The van der Waals surface area contributed by atoms with Gasteiger partial charge < -0.3 is 15.2 Å². The van der Waals surface area contributed by atoms with Crippen LogP contribution >= 0.6 is 0 Å². The van der Waals surface area contributed by atoms with Crippen LogP contribution in [0.1, 0.15) is 5.56 Å². The summed E-state index contributed by atoms with van der Waals surface area (Å²) in [5.74, 6) is 0.806. The second kappa shape index (κ2) is 6.29. The summed E-state index contributed by atoms with van der Waals surface area (Å²) in [6.45, 7) is 0.761. The van der Waals surface area contributed by atoms with E-state index in [4.69, 9.17) is 15.2 Å². The lowest BCUT2D eigenvalue weighted by atomic mass is 10.1. The van der Waals surface area contributed by atoms with Crippen molar-refractivity contribution >= 4 is 16.5 Å². The summed E-state index contributed by atoms with van der Waals surface area (Å²) >= 11 is 0. The fourth-order valence-corrected chi connectivity index (χ4v) is 2.24. The van der Waals surface area contributed by atoms with E-state index in [0.717, 1.165) is 27.8 Å². The fraction of sp³-hybridized carbons (Fsp3) is 0.111. The van der Waals surface area contributed by atoms with Crippen molar-refractivity contribution in [2.45, 2.75) is 6.61 Å². The van der Waals surface area contributed by atoms with Crippen molar-refractivity contribution in [1.82, 2.24) is 0 Å². The largest absolute Gasteiger partial charge is 0.467 e. The van der Waals surface area contributed by atoms with Crippen LogP contribution < -0.4 is 10.5 Å². The predicted molar refractivity (Wildman–Crippen MR) is 85.1 cm³/mol. The molecule has 2 N–H and O–H groups in total. The van der Waals surface area contributed by atoms with Gasteiger partial charge in [-0.3, -0.25) is 0 Å². The molecule has 0 unspecified atom stereocenters. The van der Waals surface area contributed by atoms with E-state index in [9.17, 15) is 0 Å². The van der Waals surface area contributed by atoms with Crippen LogP contribution in [0.5, 0.6) is 5.75 Å². The number of benzene rings is 3. The first-order chi connectivity index (χ1) is 10.3. The van der Waals surface area contributed by atoms with E-state index in [0.29, 0.717) is 6.61 Å². The third kappa shape index (κ3) is 3.33. The van der Waals surface area contributed by atoms with Crippen molar-refractivity contribution in [2.24, 2.45) is 0 Å².